The number of esters is 2. The van der Waals surface area contributed by atoms with Gasteiger partial charge in [-0.3, -0.25) is 9.59 Å². The van der Waals surface area contributed by atoms with E-state index in [0.717, 1.165) is 0 Å². The normalized spacial score (nSPS) is 30.0. The molecule has 2 aliphatic heterocycles. The number of rotatable bonds is 6. The molecule has 4 atom stereocenters. The molecular weight excluding hydrogens is 369 g/mol. The first-order valence-electron chi connectivity index (χ1n) is 9.16. The van der Waals surface area contributed by atoms with Crippen LogP contribution in [0.25, 0.3) is 0 Å². The van der Waals surface area contributed by atoms with Crippen LogP contribution >= 0.6 is 0 Å². The Kier molecular flexibility index (Phi) is 6.48. The zero-order valence-electron chi connectivity index (χ0n) is 16.8. The quantitative estimate of drug-likeness (QED) is 0.682. The van der Waals surface area contributed by atoms with Gasteiger partial charge in [0.05, 0.1) is 11.8 Å². The molecular formula is C19H28FN3O5. The van der Waals surface area contributed by atoms with E-state index in [1.54, 1.807) is 27.7 Å². The van der Waals surface area contributed by atoms with E-state index < -0.39 is 42.0 Å². The van der Waals surface area contributed by atoms with E-state index >= 15 is 4.39 Å². The van der Waals surface area contributed by atoms with Gasteiger partial charge in [-0.05, 0) is 13.0 Å². The molecule has 0 aromatic rings. The average molecular weight is 397 g/mol. The molecule has 1 fully saturated rings. The van der Waals surface area contributed by atoms with Crippen LogP contribution in [-0.2, 0) is 23.8 Å². The van der Waals surface area contributed by atoms with Crippen LogP contribution in [0.1, 0.15) is 34.6 Å². The standard InChI is InChI=1S/C19H28FN3O5/c1-10(2)16(24)26-9-13-15(28-17(25)11(3)4)19(6,20)18(27-13)23-8-7-14(21)22-12(23)5/h7-8,10-11,13,15,18H,5,9H2,1-4,6H3,(H2,21,22)/t13-,15+,18-,19?/m1/s1. The van der Waals surface area contributed by atoms with Crippen LogP contribution < -0.4 is 5.73 Å². The van der Waals surface area contributed by atoms with E-state index in [0.29, 0.717) is 0 Å². The van der Waals surface area contributed by atoms with E-state index in [9.17, 15) is 9.59 Å². The SMILES string of the molecule is C=C1N=C(N)C=CN1[C@@H]1O[C@H](COC(=O)C(C)C)[C@H](OC(=O)C(C)C)C1(C)F. The van der Waals surface area contributed by atoms with Crippen LogP contribution in [0.3, 0.4) is 0 Å². The van der Waals surface area contributed by atoms with Crippen molar-refractivity contribution in [1.82, 2.24) is 4.90 Å². The van der Waals surface area contributed by atoms with Gasteiger partial charge in [0, 0.05) is 6.20 Å². The smallest absolute Gasteiger partial charge is 0.308 e. The summed E-state index contributed by atoms with van der Waals surface area (Å²) in [5.41, 5.74) is 3.50. The Hall–Kier alpha value is -2.42. The van der Waals surface area contributed by atoms with Crippen LogP contribution in [0.2, 0.25) is 0 Å². The van der Waals surface area contributed by atoms with Crippen molar-refractivity contribution in [3.05, 3.63) is 24.7 Å². The maximum Gasteiger partial charge on any atom is 0.308 e. The van der Waals surface area contributed by atoms with Gasteiger partial charge in [0.15, 0.2) is 18.0 Å². The molecule has 0 aromatic carbocycles. The molecule has 2 rings (SSSR count). The topological polar surface area (TPSA) is 103 Å². The number of alkyl halides is 1. The molecule has 2 aliphatic rings. The lowest BCUT2D eigenvalue weighted by Gasteiger charge is -2.34. The summed E-state index contributed by atoms with van der Waals surface area (Å²) in [6.07, 6.45) is -0.487. The van der Waals surface area contributed by atoms with E-state index in [1.807, 2.05) is 0 Å². The fourth-order valence-electron chi connectivity index (χ4n) is 2.82. The van der Waals surface area contributed by atoms with Gasteiger partial charge in [-0.2, -0.15) is 0 Å². The Morgan fingerprint density at radius 3 is 2.50 bits per heavy atom. The maximum absolute atomic E-state index is 15.8. The van der Waals surface area contributed by atoms with Crippen LogP contribution in [0.4, 0.5) is 4.39 Å². The highest BCUT2D eigenvalue weighted by molar-refractivity contribution is 5.92. The number of hydrogen-bond acceptors (Lipinski definition) is 8. The van der Waals surface area contributed by atoms with Crippen molar-refractivity contribution in [2.75, 3.05) is 6.61 Å². The molecule has 156 valence electrons. The molecule has 9 heteroatoms. The van der Waals surface area contributed by atoms with E-state index in [-0.39, 0.29) is 24.2 Å². The van der Waals surface area contributed by atoms with Crippen molar-refractivity contribution in [3.63, 3.8) is 0 Å². The van der Waals surface area contributed by atoms with Crippen LogP contribution in [0.5, 0.6) is 0 Å². The number of carbonyl (C=O) groups excluding carboxylic acids is 2. The molecule has 0 bridgehead atoms. The second kappa shape index (κ2) is 8.30. The van der Waals surface area contributed by atoms with Gasteiger partial charge in [0.1, 0.15) is 24.4 Å². The van der Waals surface area contributed by atoms with E-state index in [1.165, 1.54) is 24.1 Å². The number of hydrogen-bond donors (Lipinski definition) is 1. The highest BCUT2D eigenvalue weighted by atomic mass is 19.1. The molecule has 8 nitrogen and oxygen atoms in total. The molecule has 2 heterocycles. The Labute approximate surface area is 164 Å². The van der Waals surface area contributed by atoms with Gasteiger partial charge < -0.3 is 24.8 Å². The summed E-state index contributed by atoms with van der Waals surface area (Å²) >= 11 is 0. The van der Waals surface area contributed by atoms with Crippen LogP contribution in [0.15, 0.2) is 29.7 Å². The third kappa shape index (κ3) is 4.52. The lowest BCUT2D eigenvalue weighted by atomic mass is 9.97. The van der Waals surface area contributed by atoms with Crippen molar-refractivity contribution >= 4 is 17.8 Å². The Bertz CT molecular complexity index is 702. The Morgan fingerprint density at radius 1 is 1.36 bits per heavy atom. The number of ether oxygens (including phenoxy) is 3. The molecule has 0 aromatic heterocycles. The number of amidine groups is 1. The zero-order chi connectivity index (χ0) is 21.2. The van der Waals surface area contributed by atoms with Crippen molar-refractivity contribution in [2.24, 2.45) is 22.6 Å². The molecule has 1 saturated heterocycles. The van der Waals surface area contributed by atoms with Crippen molar-refractivity contribution in [3.8, 4) is 0 Å². The summed E-state index contributed by atoms with van der Waals surface area (Å²) in [4.78, 5) is 29.3. The van der Waals surface area contributed by atoms with E-state index in [2.05, 4.69) is 11.6 Å². The predicted molar refractivity (Wildman–Crippen MR) is 100 cm³/mol. The maximum atomic E-state index is 15.8. The Morgan fingerprint density at radius 2 is 1.96 bits per heavy atom. The molecule has 0 spiro atoms. The molecule has 0 aliphatic carbocycles. The molecule has 28 heavy (non-hydrogen) atoms. The third-order valence-corrected chi connectivity index (χ3v) is 4.47. The highest BCUT2D eigenvalue weighted by Crippen LogP contribution is 2.40. The van der Waals surface area contributed by atoms with Crippen molar-refractivity contribution in [2.45, 2.75) is 58.7 Å². The summed E-state index contributed by atoms with van der Waals surface area (Å²) in [6.45, 7) is 11.4. The summed E-state index contributed by atoms with van der Waals surface area (Å²) in [7, 11) is 0. The lowest BCUT2D eigenvalue weighted by molar-refractivity contribution is -0.165. The average Bonchev–Trinajstić information content (AvgIpc) is 2.83. The van der Waals surface area contributed by atoms with Gasteiger partial charge in [-0.15, -0.1) is 0 Å². The lowest BCUT2D eigenvalue weighted by Crippen LogP contribution is -2.50. The predicted octanol–water partition coefficient (Wildman–Crippen LogP) is 1.86. The summed E-state index contributed by atoms with van der Waals surface area (Å²) < 4.78 is 32.2. The van der Waals surface area contributed by atoms with Gasteiger partial charge in [0.25, 0.3) is 0 Å². The fourth-order valence-corrected chi connectivity index (χ4v) is 2.82. The van der Waals surface area contributed by atoms with E-state index in [4.69, 9.17) is 19.9 Å². The molecule has 1 unspecified atom stereocenters. The first-order valence-corrected chi connectivity index (χ1v) is 9.16. The minimum absolute atomic E-state index is 0.183. The third-order valence-electron chi connectivity index (χ3n) is 4.47. The summed E-state index contributed by atoms with van der Waals surface area (Å²) in [5, 5.41) is 0. The largest absolute Gasteiger partial charge is 0.463 e. The van der Waals surface area contributed by atoms with Gasteiger partial charge in [-0.1, -0.05) is 34.3 Å². The molecule has 0 radical (unpaired) electrons. The fraction of sp³-hybridized carbons (Fsp3) is 0.632. The Balaban J connectivity index is 2.26. The minimum atomic E-state index is -2.13. The first-order chi connectivity index (χ1) is 12.9. The van der Waals surface area contributed by atoms with Gasteiger partial charge >= 0.3 is 11.9 Å². The molecule has 2 N–H and O–H groups in total. The van der Waals surface area contributed by atoms with Crippen LogP contribution in [-0.4, -0.2) is 53.4 Å². The summed E-state index contributed by atoms with van der Waals surface area (Å²) in [6, 6.07) is 0. The van der Waals surface area contributed by atoms with Crippen molar-refractivity contribution < 1.29 is 28.2 Å². The second-order valence-corrected chi connectivity index (χ2v) is 7.65. The van der Waals surface area contributed by atoms with Gasteiger partial charge in [0.2, 0.25) is 0 Å². The molecule has 0 saturated carbocycles. The second-order valence-electron chi connectivity index (χ2n) is 7.65. The summed E-state index contributed by atoms with van der Waals surface area (Å²) in [5.74, 6) is -1.43. The number of carbonyl (C=O) groups is 2. The van der Waals surface area contributed by atoms with Crippen LogP contribution in [0, 0.1) is 11.8 Å². The zero-order valence-corrected chi connectivity index (χ0v) is 16.8. The number of aliphatic imine (C=N–C) groups is 1. The number of halogens is 1. The molecule has 0 amide bonds. The van der Waals surface area contributed by atoms with Gasteiger partial charge in [-0.25, -0.2) is 9.38 Å². The minimum Gasteiger partial charge on any atom is -0.463 e. The van der Waals surface area contributed by atoms with Crippen molar-refractivity contribution in [1.29, 1.82) is 0 Å². The monoisotopic (exact) mass is 397 g/mol. The number of nitrogens with zero attached hydrogens (tertiary/aromatic N) is 2. The number of nitrogens with two attached hydrogens (primary N) is 1. The highest BCUT2D eigenvalue weighted by Gasteiger charge is 2.59. The first kappa shape index (κ1) is 21.9.